The second-order valence-electron chi connectivity index (χ2n) is 2.64. The molecule has 1 saturated heterocycles. The third-order valence-electron chi connectivity index (χ3n) is 1.88. The Morgan fingerprint density at radius 3 is 3.00 bits per heavy atom. The van der Waals surface area contributed by atoms with Crippen molar-refractivity contribution in [3.05, 3.63) is 47.7 Å². The van der Waals surface area contributed by atoms with Crippen molar-refractivity contribution in [2.75, 3.05) is 6.79 Å². The summed E-state index contributed by atoms with van der Waals surface area (Å²) in [7, 11) is 0. The zero-order valence-electron chi connectivity index (χ0n) is 6.65. The average Bonchev–Trinajstić information content (AvgIpc) is 2.65. The van der Waals surface area contributed by atoms with Gasteiger partial charge in [-0.2, -0.15) is 0 Å². The van der Waals surface area contributed by atoms with E-state index >= 15 is 0 Å². The van der Waals surface area contributed by atoms with Crippen molar-refractivity contribution < 1.29 is 18.9 Å². The molecular formula is C9H6O4. The van der Waals surface area contributed by atoms with Crippen molar-refractivity contribution in [2.24, 2.45) is 0 Å². The molecule has 0 saturated carbocycles. The molecule has 0 aromatic carbocycles. The maximum atomic E-state index is 5.26. The number of fused-ring (bicyclic) bond motifs is 2. The summed E-state index contributed by atoms with van der Waals surface area (Å²) >= 11 is 0. The molecule has 0 bridgehead atoms. The van der Waals surface area contributed by atoms with Gasteiger partial charge in [0.1, 0.15) is 6.26 Å². The first kappa shape index (κ1) is 6.65. The fourth-order valence-corrected chi connectivity index (χ4v) is 1.30. The van der Waals surface area contributed by atoms with Gasteiger partial charge < -0.3 is 18.9 Å². The number of allylic oxidation sites excluding steroid dienone is 2. The molecule has 13 heavy (non-hydrogen) atoms. The van der Waals surface area contributed by atoms with E-state index in [9.17, 15) is 0 Å². The molecule has 3 aliphatic rings. The van der Waals surface area contributed by atoms with Crippen LogP contribution >= 0.6 is 0 Å². The normalized spacial score (nSPS) is 22.8. The Labute approximate surface area is 74.3 Å². The Kier molecular flexibility index (Phi) is 1.19. The van der Waals surface area contributed by atoms with E-state index in [2.05, 4.69) is 0 Å². The van der Waals surface area contributed by atoms with Crippen LogP contribution in [0.25, 0.3) is 0 Å². The van der Waals surface area contributed by atoms with Gasteiger partial charge in [-0.1, -0.05) is 0 Å². The lowest BCUT2D eigenvalue weighted by molar-refractivity contribution is 0.0945. The SMILES string of the molecule is C1=COC2=C3OCOC3=COC2=C1. The summed E-state index contributed by atoms with van der Waals surface area (Å²) in [5.74, 6) is 2.42. The lowest BCUT2D eigenvalue weighted by Gasteiger charge is -2.17. The molecule has 0 amide bonds. The van der Waals surface area contributed by atoms with E-state index in [0.29, 0.717) is 23.0 Å². The lowest BCUT2D eigenvalue weighted by atomic mass is 10.2. The van der Waals surface area contributed by atoms with Gasteiger partial charge in [-0.15, -0.1) is 0 Å². The first-order chi connectivity index (χ1) is 6.45. The molecule has 3 aliphatic heterocycles. The van der Waals surface area contributed by atoms with Crippen molar-refractivity contribution in [3.63, 3.8) is 0 Å². The van der Waals surface area contributed by atoms with E-state index in [1.165, 1.54) is 6.26 Å². The summed E-state index contributed by atoms with van der Waals surface area (Å²) < 4.78 is 20.9. The first-order valence-corrected chi connectivity index (χ1v) is 3.86. The zero-order chi connectivity index (χ0) is 8.67. The van der Waals surface area contributed by atoms with Crippen LogP contribution in [0.3, 0.4) is 0 Å². The van der Waals surface area contributed by atoms with Crippen LogP contribution in [0.4, 0.5) is 0 Å². The van der Waals surface area contributed by atoms with Crippen molar-refractivity contribution in [2.45, 2.75) is 0 Å². The van der Waals surface area contributed by atoms with E-state index in [1.807, 2.05) is 0 Å². The highest BCUT2D eigenvalue weighted by Gasteiger charge is 2.30. The summed E-state index contributed by atoms with van der Waals surface area (Å²) in [6, 6.07) is 0. The average molecular weight is 178 g/mol. The monoisotopic (exact) mass is 178 g/mol. The van der Waals surface area contributed by atoms with E-state index in [-0.39, 0.29) is 6.79 Å². The minimum Gasteiger partial charge on any atom is -0.457 e. The van der Waals surface area contributed by atoms with E-state index in [1.54, 1.807) is 18.4 Å². The van der Waals surface area contributed by atoms with E-state index in [0.717, 1.165) is 0 Å². The number of rotatable bonds is 0. The third-order valence-corrected chi connectivity index (χ3v) is 1.88. The first-order valence-electron chi connectivity index (χ1n) is 3.86. The molecule has 0 aromatic rings. The van der Waals surface area contributed by atoms with Gasteiger partial charge in [-0.25, -0.2) is 0 Å². The fourth-order valence-electron chi connectivity index (χ4n) is 1.30. The molecule has 0 aliphatic carbocycles. The van der Waals surface area contributed by atoms with Gasteiger partial charge in [0.05, 0.1) is 6.26 Å². The molecule has 0 spiro atoms. The smallest absolute Gasteiger partial charge is 0.231 e. The topological polar surface area (TPSA) is 36.9 Å². The van der Waals surface area contributed by atoms with Crippen molar-refractivity contribution in [3.8, 4) is 0 Å². The summed E-state index contributed by atoms with van der Waals surface area (Å²) in [6.07, 6.45) is 6.65. The highest BCUT2D eigenvalue weighted by Crippen LogP contribution is 2.34. The van der Waals surface area contributed by atoms with E-state index < -0.39 is 0 Å². The van der Waals surface area contributed by atoms with Crippen molar-refractivity contribution >= 4 is 0 Å². The van der Waals surface area contributed by atoms with Crippen LogP contribution in [0.2, 0.25) is 0 Å². The van der Waals surface area contributed by atoms with Crippen LogP contribution in [0.15, 0.2) is 47.7 Å². The zero-order valence-corrected chi connectivity index (χ0v) is 6.65. The van der Waals surface area contributed by atoms with Gasteiger partial charge in [0, 0.05) is 0 Å². The van der Waals surface area contributed by atoms with Crippen LogP contribution in [0, 0.1) is 0 Å². The largest absolute Gasteiger partial charge is 0.457 e. The van der Waals surface area contributed by atoms with Gasteiger partial charge in [-0.3, -0.25) is 0 Å². The molecule has 0 N–H and O–H groups in total. The van der Waals surface area contributed by atoms with Crippen LogP contribution in [-0.2, 0) is 18.9 Å². The summed E-state index contributed by atoms with van der Waals surface area (Å²) in [4.78, 5) is 0. The molecule has 66 valence electrons. The van der Waals surface area contributed by atoms with Gasteiger partial charge in [0.25, 0.3) is 0 Å². The minimum absolute atomic E-state index is 0.217. The Hall–Kier alpha value is -1.84. The predicted octanol–water partition coefficient (Wildman–Crippen LogP) is 1.50. The maximum absolute atomic E-state index is 5.26. The highest BCUT2D eigenvalue weighted by molar-refractivity contribution is 5.40. The Morgan fingerprint density at radius 2 is 2.00 bits per heavy atom. The molecule has 0 radical (unpaired) electrons. The molecule has 3 rings (SSSR count). The minimum atomic E-state index is 0.217. The molecule has 0 atom stereocenters. The van der Waals surface area contributed by atoms with Gasteiger partial charge in [-0.05, 0) is 12.2 Å². The second kappa shape index (κ2) is 2.32. The molecule has 3 heterocycles. The Morgan fingerprint density at radius 1 is 1.00 bits per heavy atom. The molecule has 4 heteroatoms. The number of hydrogen-bond acceptors (Lipinski definition) is 4. The fraction of sp³-hybridized carbons (Fsp3) is 0.111. The molecule has 0 aromatic heterocycles. The standard InChI is InChI=1S/C9H6O4/c1-2-6-8(10-3-1)9-7(4-11-6)12-5-13-9/h1-4H,5H2. The molecule has 4 nitrogen and oxygen atoms in total. The Bertz CT molecular complexity index is 373. The van der Waals surface area contributed by atoms with E-state index in [4.69, 9.17) is 18.9 Å². The molecule has 0 unspecified atom stereocenters. The van der Waals surface area contributed by atoms with Crippen LogP contribution in [0.1, 0.15) is 0 Å². The van der Waals surface area contributed by atoms with Crippen molar-refractivity contribution in [1.82, 2.24) is 0 Å². The quantitative estimate of drug-likeness (QED) is 0.563. The Balaban J connectivity index is 2.13. The summed E-state index contributed by atoms with van der Waals surface area (Å²) in [5, 5.41) is 0. The van der Waals surface area contributed by atoms with Crippen LogP contribution in [0.5, 0.6) is 0 Å². The van der Waals surface area contributed by atoms with Gasteiger partial charge in [0.2, 0.25) is 24.1 Å². The highest BCUT2D eigenvalue weighted by atomic mass is 16.7. The summed E-state index contributed by atoms with van der Waals surface area (Å²) in [5.41, 5.74) is 0. The van der Waals surface area contributed by atoms with Crippen LogP contribution in [-0.4, -0.2) is 6.79 Å². The van der Waals surface area contributed by atoms with Crippen LogP contribution < -0.4 is 0 Å². The second-order valence-corrected chi connectivity index (χ2v) is 2.64. The summed E-state index contributed by atoms with van der Waals surface area (Å²) in [6.45, 7) is 0.217. The lowest BCUT2D eigenvalue weighted by Crippen LogP contribution is -2.07. The third kappa shape index (κ3) is 0.853. The molecular weight excluding hydrogens is 172 g/mol. The number of hydrogen-bond donors (Lipinski definition) is 0. The predicted molar refractivity (Wildman–Crippen MR) is 41.5 cm³/mol. The van der Waals surface area contributed by atoms with Gasteiger partial charge in [0.15, 0.2) is 5.76 Å². The maximum Gasteiger partial charge on any atom is 0.231 e. The van der Waals surface area contributed by atoms with Crippen molar-refractivity contribution in [1.29, 1.82) is 0 Å². The molecule has 1 fully saturated rings. The number of ether oxygens (including phenoxy) is 4. The van der Waals surface area contributed by atoms with Gasteiger partial charge >= 0.3 is 0 Å².